The fraction of sp³-hybridized carbons (Fsp3) is 0.370. The van der Waals surface area contributed by atoms with Gasteiger partial charge in [0.15, 0.2) is 0 Å². The normalized spacial score (nSPS) is 16.1. The van der Waals surface area contributed by atoms with E-state index in [4.69, 9.17) is 9.26 Å². The van der Waals surface area contributed by atoms with Gasteiger partial charge in [-0.1, -0.05) is 23.4 Å². The molecule has 2 amide bonds. The zero-order valence-electron chi connectivity index (χ0n) is 21.4. The summed E-state index contributed by atoms with van der Waals surface area (Å²) in [5, 5.41) is 7.15. The van der Waals surface area contributed by atoms with Gasteiger partial charge in [0.2, 0.25) is 11.7 Å². The molecule has 1 aliphatic rings. The molecule has 0 saturated carbocycles. The first-order valence-electron chi connectivity index (χ1n) is 12.4. The number of aromatic nitrogens is 4. The number of piperidine rings is 1. The number of ether oxygens (including phenoxy) is 1. The molecule has 0 bridgehead atoms. The summed E-state index contributed by atoms with van der Waals surface area (Å²) < 4.78 is 12.9. The number of likely N-dealkylation sites (tertiary alicyclic amines) is 1. The summed E-state index contributed by atoms with van der Waals surface area (Å²) in [5.41, 5.74) is 2.74. The number of hydrogen-bond donors (Lipinski definition) is 1. The zero-order valence-corrected chi connectivity index (χ0v) is 21.4. The number of fused-ring (bicyclic) bond motifs is 1. The number of carbonyl (C=O) groups excluding carboxylic acids is 2. The van der Waals surface area contributed by atoms with E-state index < -0.39 is 5.60 Å². The largest absolute Gasteiger partial charge is 0.444 e. The van der Waals surface area contributed by atoms with Gasteiger partial charge in [-0.05, 0) is 70.7 Å². The maximum atomic E-state index is 13.0. The third kappa shape index (κ3) is 5.18. The number of benzene rings is 1. The van der Waals surface area contributed by atoms with E-state index in [0.717, 1.165) is 24.8 Å². The lowest BCUT2D eigenvalue weighted by Crippen LogP contribution is -2.42. The van der Waals surface area contributed by atoms with Gasteiger partial charge in [-0.3, -0.25) is 14.1 Å². The highest BCUT2D eigenvalue weighted by Crippen LogP contribution is 2.33. The highest BCUT2D eigenvalue weighted by molar-refractivity contribution is 6.04. The van der Waals surface area contributed by atoms with Crippen molar-refractivity contribution in [3.8, 4) is 11.4 Å². The summed E-state index contributed by atoms with van der Waals surface area (Å²) in [7, 11) is 0. The highest BCUT2D eigenvalue weighted by Gasteiger charge is 2.35. The van der Waals surface area contributed by atoms with Crippen LogP contribution in [-0.2, 0) is 4.74 Å². The molecule has 1 N–H and O–H groups in total. The Morgan fingerprint density at radius 3 is 2.81 bits per heavy atom. The van der Waals surface area contributed by atoms with Crippen LogP contribution < -0.4 is 5.32 Å². The van der Waals surface area contributed by atoms with E-state index in [2.05, 4.69) is 20.4 Å². The van der Waals surface area contributed by atoms with Crippen LogP contribution in [0, 0.1) is 6.92 Å². The summed E-state index contributed by atoms with van der Waals surface area (Å²) in [5.74, 6) is 0.482. The van der Waals surface area contributed by atoms with E-state index in [1.54, 1.807) is 21.7 Å². The molecule has 37 heavy (non-hydrogen) atoms. The number of anilines is 1. The minimum absolute atomic E-state index is 0.275. The Balaban J connectivity index is 1.37. The van der Waals surface area contributed by atoms with E-state index in [0.29, 0.717) is 40.9 Å². The summed E-state index contributed by atoms with van der Waals surface area (Å²) in [4.78, 5) is 36.4. The first-order chi connectivity index (χ1) is 17.7. The topological polar surface area (TPSA) is 115 Å². The molecule has 192 valence electrons. The molecule has 0 aliphatic carbocycles. The minimum atomic E-state index is -0.592. The van der Waals surface area contributed by atoms with Crippen LogP contribution in [0.2, 0.25) is 0 Å². The Labute approximate surface area is 214 Å². The van der Waals surface area contributed by atoms with Gasteiger partial charge < -0.3 is 14.6 Å². The van der Waals surface area contributed by atoms with Crippen LogP contribution >= 0.6 is 0 Å². The highest BCUT2D eigenvalue weighted by atomic mass is 16.6. The second-order valence-electron chi connectivity index (χ2n) is 10.2. The smallest absolute Gasteiger partial charge is 0.410 e. The molecular weight excluding hydrogens is 472 g/mol. The van der Waals surface area contributed by atoms with E-state index in [-0.39, 0.29) is 18.0 Å². The predicted octanol–water partition coefficient (Wildman–Crippen LogP) is 5.41. The van der Waals surface area contributed by atoms with Gasteiger partial charge in [0.25, 0.3) is 5.91 Å². The Kier molecular flexibility index (Phi) is 6.41. The number of amides is 2. The average Bonchev–Trinajstić information content (AvgIpc) is 3.52. The molecule has 1 fully saturated rings. The molecule has 4 aromatic rings. The van der Waals surface area contributed by atoms with E-state index >= 15 is 0 Å². The minimum Gasteiger partial charge on any atom is -0.444 e. The predicted molar refractivity (Wildman–Crippen MR) is 137 cm³/mol. The van der Waals surface area contributed by atoms with Crippen LogP contribution in [-0.4, -0.2) is 48.6 Å². The van der Waals surface area contributed by atoms with E-state index in [1.807, 2.05) is 64.1 Å². The van der Waals surface area contributed by atoms with Gasteiger partial charge in [0.05, 0.1) is 6.20 Å². The molecule has 1 saturated heterocycles. The first-order valence-corrected chi connectivity index (χ1v) is 12.4. The lowest BCUT2D eigenvalue weighted by molar-refractivity contribution is 0.00537. The molecule has 1 unspecified atom stereocenters. The SMILES string of the molecule is Cc1ccc(-c2noc(C3CCCCN3C(=O)OC(C)(C)C)n2)cc1NC(=O)c1cnc2ccccn12. The zero-order chi connectivity index (χ0) is 26.2. The van der Waals surface area contributed by atoms with Crippen LogP contribution in [0.5, 0.6) is 0 Å². The third-order valence-electron chi connectivity index (χ3n) is 6.25. The summed E-state index contributed by atoms with van der Waals surface area (Å²) >= 11 is 0. The molecule has 1 atom stereocenters. The lowest BCUT2D eigenvalue weighted by Gasteiger charge is -2.34. The van der Waals surface area contributed by atoms with Crippen molar-refractivity contribution in [1.82, 2.24) is 24.4 Å². The van der Waals surface area contributed by atoms with Gasteiger partial charge in [-0.2, -0.15) is 4.98 Å². The van der Waals surface area contributed by atoms with Gasteiger partial charge in [0, 0.05) is 24.0 Å². The lowest BCUT2D eigenvalue weighted by atomic mass is 10.0. The third-order valence-corrected chi connectivity index (χ3v) is 6.25. The molecule has 10 heteroatoms. The molecule has 4 heterocycles. The molecular formula is C27H30N6O4. The molecule has 1 aliphatic heterocycles. The van der Waals surface area contributed by atoms with Crippen molar-refractivity contribution in [3.63, 3.8) is 0 Å². The number of imidazole rings is 1. The monoisotopic (exact) mass is 502 g/mol. The second kappa shape index (κ2) is 9.68. The molecule has 3 aromatic heterocycles. The van der Waals surface area contributed by atoms with Crippen molar-refractivity contribution in [3.05, 3.63) is 65.9 Å². The number of aryl methyl sites for hydroxylation is 1. The Morgan fingerprint density at radius 2 is 2.00 bits per heavy atom. The Morgan fingerprint density at radius 1 is 1.16 bits per heavy atom. The Hall–Kier alpha value is -4.21. The number of hydrogen-bond acceptors (Lipinski definition) is 7. The maximum absolute atomic E-state index is 13.0. The summed E-state index contributed by atoms with van der Waals surface area (Å²) in [6.07, 6.45) is 5.53. The van der Waals surface area contributed by atoms with Gasteiger partial charge in [-0.15, -0.1) is 0 Å². The fourth-order valence-corrected chi connectivity index (χ4v) is 4.40. The number of nitrogens with one attached hydrogen (secondary N) is 1. The molecule has 10 nitrogen and oxygen atoms in total. The second-order valence-corrected chi connectivity index (χ2v) is 10.2. The van der Waals surface area contributed by atoms with Crippen LogP contribution in [0.3, 0.4) is 0 Å². The first kappa shape index (κ1) is 24.5. The van der Waals surface area contributed by atoms with E-state index in [1.165, 1.54) is 0 Å². The van der Waals surface area contributed by atoms with Crippen molar-refractivity contribution in [1.29, 1.82) is 0 Å². The quantitative estimate of drug-likeness (QED) is 0.397. The van der Waals surface area contributed by atoms with Crippen LogP contribution in [0.25, 0.3) is 17.0 Å². The molecule has 0 spiro atoms. The number of pyridine rings is 1. The Bertz CT molecular complexity index is 1450. The van der Waals surface area contributed by atoms with Crippen molar-refractivity contribution in [2.75, 3.05) is 11.9 Å². The van der Waals surface area contributed by atoms with Gasteiger partial charge >= 0.3 is 6.09 Å². The maximum Gasteiger partial charge on any atom is 0.410 e. The van der Waals surface area contributed by atoms with Crippen molar-refractivity contribution in [2.45, 2.75) is 58.6 Å². The van der Waals surface area contributed by atoms with Crippen molar-refractivity contribution >= 4 is 23.3 Å². The molecule has 5 rings (SSSR count). The molecule has 1 aromatic carbocycles. The number of nitrogens with zero attached hydrogens (tertiary/aromatic N) is 5. The standard InChI is InChI=1S/C27H30N6O4/c1-17-11-12-18(15-19(17)29-24(34)21-16-28-22-10-6-8-13-32(21)22)23-30-25(37-31-23)20-9-5-7-14-33(20)26(35)36-27(2,3)4/h6,8,10-13,15-16,20H,5,7,9,14H2,1-4H3,(H,29,34). The van der Waals surface area contributed by atoms with Gasteiger partial charge in [-0.25, -0.2) is 9.78 Å². The fourth-order valence-electron chi connectivity index (χ4n) is 4.40. The molecule has 0 radical (unpaired) electrons. The van der Waals surface area contributed by atoms with Crippen LogP contribution in [0.15, 0.2) is 53.3 Å². The number of rotatable bonds is 4. The van der Waals surface area contributed by atoms with Crippen LogP contribution in [0.4, 0.5) is 10.5 Å². The van der Waals surface area contributed by atoms with E-state index in [9.17, 15) is 9.59 Å². The van der Waals surface area contributed by atoms with Crippen molar-refractivity contribution in [2.24, 2.45) is 0 Å². The van der Waals surface area contributed by atoms with Crippen molar-refractivity contribution < 1.29 is 18.8 Å². The summed E-state index contributed by atoms with van der Waals surface area (Å²) in [6.45, 7) is 8.02. The van der Waals surface area contributed by atoms with Crippen LogP contribution in [0.1, 0.15) is 68.0 Å². The van der Waals surface area contributed by atoms with Gasteiger partial charge in [0.1, 0.15) is 23.0 Å². The number of carbonyl (C=O) groups is 2. The average molecular weight is 503 g/mol. The summed E-state index contributed by atoms with van der Waals surface area (Å²) in [6, 6.07) is 10.8.